The summed E-state index contributed by atoms with van der Waals surface area (Å²) in [4.78, 5) is 2.47. The fraction of sp³-hybridized carbons (Fsp3) is 0.667. The van der Waals surface area contributed by atoms with E-state index in [0.29, 0.717) is 11.5 Å². The molecule has 2 N–H and O–H groups in total. The molecule has 2 aromatic rings. The van der Waals surface area contributed by atoms with E-state index < -0.39 is 0 Å². The summed E-state index contributed by atoms with van der Waals surface area (Å²) in [5.74, 6) is 0.768. The van der Waals surface area contributed by atoms with Crippen LogP contribution in [0.2, 0.25) is 0 Å². The molecule has 0 aromatic heterocycles. The van der Waals surface area contributed by atoms with E-state index in [9.17, 15) is 10.2 Å². The van der Waals surface area contributed by atoms with Gasteiger partial charge in [-0.1, -0.05) is 136 Å². The van der Waals surface area contributed by atoms with E-state index in [-0.39, 0.29) is 32.5 Å². The summed E-state index contributed by atoms with van der Waals surface area (Å²) in [5.41, 5.74) is 5.59. The van der Waals surface area contributed by atoms with E-state index in [2.05, 4.69) is 125 Å². The first-order valence-electron chi connectivity index (χ1n) is 14.5. The van der Waals surface area contributed by atoms with Gasteiger partial charge in [-0.15, -0.1) is 0 Å². The van der Waals surface area contributed by atoms with Gasteiger partial charge in [0, 0.05) is 20.9 Å². The molecule has 220 valence electrons. The Morgan fingerprint density at radius 2 is 0.615 bits per heavy atom. The Labute approximate surface area is 245 Å². The van der Waals surface area contributed by atoms with Crippen LogP contribution in [0.1, 0.15) is 158 Å². The first-order chi connectivity index (χ1) is 17.0. The highest BCUT2D eigenvalue weighted by molar-refractivity contribution is 7.99. The third-order valence-corrected chi connectivity index (χ3v) is 8.59. The monoisotopic (exact) mass is 554 g/mol. The van der Waals surface area contributed by atoms with Crippen LogP contribution in [0, 0.1) is 0 Å². The van der Waals surface area contributed by atoms with E-state index in [1.807, 2.05) is 23.9 Å². The highest BCUT2D eigenvalue weighted by atomic mass is 32.2. The molecule has 0 saturated heterocycles. The molecule has 0 aliphatic heterocycles. The average molecular weight is 555 g/mol. The lowest BCUT2D eigenvalue weighted by Crippen LogP contribution is -2.28. The van der Waals surface area contributed by atoms with Crippen molar-refractivity contribution >= 4 is 11.8 Å². The molecule has 0 atom stereocenters. The van der Waals surface area contributed by atoms with Crippen LogP contribution in [0.4, 0.5) is 0 Å². The maximum Gasteiger partial charge on any atom is 0.119 e. The van der Waals surface area contributed by atoms with E-state index in [1.54, 1.807) is 0 Å². The van der Waals surface area contributed by atoms with Gasteiger partial charge >= 0.3 is 0 Å². The van der Waals surface area contributed by atoms with Crippen molar-refractivity contribution in [1.82, 2.24) is 0 Å². The minimum Gasteiger partial charge on any atom is -0.508 e. The Bertz CT molecular complexity index is 1130. The van der Waals surface area contributed by atoms with Crippen LogP contribution >= 0.6 is 11.8 Å². The number of phenolic OH excluding ortho intramolecular Hbond substituents is 2. The second kappa shape index (κ2) is 10.0. The molecule has 2 aromatic carbocycles. The Morgan fingerprint density at radius 1 is 0.385 bits per heavy atom. The Hall–Kier alpha value is -1.61. The predicted molar refractivity (Wildman–Crippen MR) is 173 cm³/mol. The number of hydrogen-bond donors (Lipinski definition) is 2. The minimum atomic E-state index is -0.232. The van der Waals surface area contributed by atoms with Gasteiger partial charge in [0.05, 0.1) is 0 Å². The van der Waals surface area contributed by atoms with Crippen LogP contribution in [0.25, 0.3) is 0 Å². The molecule has 3 heteroatoms. The molecular weight excluding hydrogens is 496 g/mol. The molecule has 0 aliphatic rings. The van der Waals surface area contributed by atoms with Crippen molar-refractivity contribution < 1.29 is 10.2 Å². The molecule has 0 heterocycles. The lowest BCUT2D eigenvalue weighted by molar-refractivity contribution is 0.425. The van der Waals surface area contributed by atoms with Crippen molar-refractivity contribution in [2.45, 2.75) is 167 Å². The van der Waals surface area contributed by atoms with Gasteiger partial charge in [-0.2, -0.15) is 0 Å². The molecule has 0 aliphatic carbocycles. The number of benzene rings is 2. The van der Waals surface area contributed by atoms with Gasteiger partial charge < -0.3 is 10.2 Å². The maximum absolute atomic E-state index is 11.5. The summed E-state index contributed by atoms with van der Waals surface area (Å²) >= 11 is 1.86. The molecule has 2 nitrogen and oxygen atoms in total. The number of phenols is 2. The molecule has 0 unspecified atom stereocenters. The zero-order valence-corrected chi connectivity index (χ0v) is 29.3. The number of rotatable bonds is 2. The zero-order valence-electron chi connectivity index (χ0n) is 28.5. The van der Waals surface area contributed by atoms with Crippen LogP contribution in [0.3, 0.4) is 0 Å². The molecule has 0 spiro atoms. The van der Waals surface area contributed by atoms with E-state index in [0.717, 1.165) is 22.3 Å². The summed E-state index contributed by atoms with van der Waals surface area (Å²) in [6.07, 6.45) is 0. The Morgan fingerprint density at radius 3 is 0.795 bits per heavy atom. The van der Waals surface area contributed by atoms with Crippen molar-refractivity contribution in [1.29, 1.82) is 0 Å². The van der Waals surface area contributed by atoms with Gasteiger partial charge in [-0.05, 0) is 66.9 Å². The Balaban J connectivity index is 3.34. The van der Waals surface area contributed by atoms with Gasteiger partial charge in [-0.25, -0.2) is 0 Å². The van der Waals surface area contributed by atoms with Gasteiger partial charge in [-0.3, -0.25) is 0 Å². The Kier molecular flexibility index (Phi) is 8.65. The predicted octanol–water partition coefficient (Wildman–Crippen LogP) is 11.0. The van der Waals surface area contributed by atoms with E-state index in [4.69, 9.17) is 0 Å². The van der Waals surface area contributed by atoms with Crippen LogP contribution in [0.15, 0.2) is 21.9 Å². The van der Waals surface area contributed by atoms with Crippen molar-refractivity contribution in [2.24, 2.45) is 0 Å². The molecular formula is C36H58O2S. The first kappa shape index (κ1) is 33.6. The highest BCUT2D eigenvalue weighted by Gasteiger charge is 2.39. The third-order valence-electron chi connectivity index (χ3n) is 7.34. The lowest BCUT2D eigenvalue weighted by Gasteiger charge is -2.39. The van der Waals surface area contributed by atoms with Crippen molar-refractivity contribution in [2.75, 3.05) is 0 Å². The van der Waals surface area contributed by atoms with Crippen LogP contribution in [0.5, 0.6) is 11.5 Å². The summed E-state index contributed by atoms with van der Waals surface area (Å²) in [5, 5.41) is 23.1. The second-order valence-corrected chi connectivity index (χ2v) is 18.7. The van der Waals surface area contributed by atoms with Crippen LogP contribution < -0.4 is 0 Å². The fourth-order valence-electron chi connectivity index (χ4n) is 5.68. The van der Waals surface area contributed by atoms with Crippen LogP contribution in [-0.2, 0) is 32.5 Å². The van der Waals surface area contributed by atoms with Gasteiger partial charge in [0.2, 0.25) is 0 Å². The average Bonchev–Trinajstić information content (AvgIpc) is 2.63. The summed E-state index contributed by atoms with van der Waals surface area (Å²) in [7, 11) is 0. The summed E-state index contributed by atoms with van der Waals surface area (Å²) in [6.45, 7) is 40.2. The van der Waals surface area contributed by atoms with E-state index in [1.165, 1.54) is 20.9 Å². The van der Waals surface area contributed by atoms with Crippen molar-refractivity contribution in [3.05, 3.63) is 45.5 Å². The smallest absolute Gasteiger partial charge is 0.119 e. The maximum atomic E-state index is 11.5. The largest absolute Gasteiger partial charge is 0.508 e. The lowest BCUT2D eigenvalue weighted by atomic mass is 9.71. The standard InChI is InChI=1S/C36H58O2S/c1-31(2,3)21-19-23(37)25(33(7,8)9)27(35(13,14)15)29(21)39-30-22(32(4,5)6)20-24(38)26(34(10,11)12)28(30)36(16,17)18/h19-20,37-38H,1-18H3. The van der Waals surface area contributed by atoms with Gasteiger partial charge in [0.25, 0.3) is 0 Å². The number of hydrogen-bond acceptors (Lipinski definition) is 3. The minimum absolute atomic E-state index is 0.177. The molecule has 0 radical (unpaired) electrons. The fourth-order valence-corrected chi connectivity index (χ4v) is 7.85. The molecule has 2 rings (SSSR count). The third kappa shape index (κ3) is 7.00. The van der Waals surface area contributed by atoms with Gasteiger partial charge in [0.1, 0.15) is 11.5 Å². The first-order valence-corrected chi connectivity index (χ1v) is 15.3. The molecule has 0 fully saturated rings. The van der Waals surface area contributed by atoms with Gasteiger partial charge in [0.15, 0.2) is 0 Å². The summed E-state index contributed by atoms with van der Waals surface area (Å²) < 4.78 is 0. The SMILES string of the molecule is CC(C)(C)c1cc(O)c(C(C)(C)C)c(C(C)(C)C)c1Sc1c(C(C)(C)C)cc(O)c(C(C)(C)C)c1C(C)(C)C. The zero-order chi connectivity index (χ0) is 30.9. The topological polar surface area (TPSA) is 40.5 Å². The molecule has 0 bridgehead atoms. The van der Waals surface area contributed by atoms with Crippen molar-refractivity contribution in [3.63, 3.8) is 0 Å². The quantitative estimate of drug-likeness (QED) is 0.388. The van der Waals surface area contributed by atoms with Crippen molar-refractivity contribution in [3.8, 4) is 11.5 Å². The van der Waals surface area contributed by atoms with Crippen LogP contribution in [-0.4, -0.2) is 10.2 Å². The molecule has 0 saturated carbocycles. The number of aromatic hydroxyl groups is 2. The normalized spacial score (nSPS) is 14.2. The molecule has 0 amide bonds. The molecule has 39 heavy (non-hydrogen) atoms. The second-order valence-electron chi connectivity index (χ2n) is 17.6. The summed E-state index contributed by atoms with van der Waals surface area (Å²) in [6, 6.07) is 4.05. The van der Waals surface area contributed by atoms with E-state index >= 15 is 0 Å². The highest BCUT2D eigenvalue weighted by Crippen LogP contribution is 2.55.